The summed E-state index contributed by atoms with van der Waals surface area (Å²) in [6.45, 7) is 0.533. The Kier molecular flexibility index (Phi) is 6.59. The number of nitrogens with zero attached hydrogens (tertiary/aromatic N) is 2. The van der Waals surface area contributed by atoms with Crippen molar-refractivity contribution in [2.45, 2.75) is 76.3 Å². The molecule has 0 bridgehead atoms. The SMILES string of the molecule is N#CC(CC1CCCC1=O)NC(=O)C1CC2(CCCCC2)CN1C(=O)c1cc2cccc(Cl)c2[nH]1. The molecule has 35 heavy (non-hydrogen) atoms. The molecule has 2 amide bonds. The van der Waals surface area contributed by atoms with Gasteiger partial charge in [-0.1, -0.05) is 43.0 Å². The van der Waals surface area contributed by atoms with E-state index >= 15 is 0 Å². The number of hydrogen-bond acceptors (Lipinski definition) is 4. The molecule has 3 atom stereocenters. The van der Waals surface area contributed by atoms with Gasteiger partial charge in [-0.15, -0.1) is 0 Å². The van der Waals surface area contributed by atoms with Crippen LogP contribution in [0.15, 0.2) is 24.3 Å². The lowest BCUT2D eigenvalue weighted by Crippen LogP contribution is -2.49. The normalized spacial score (nSPS) is 24.6. The number of rotatable bonds is 5. The quantitative estimate of drug-likeness (QED) is 0.625. The first-order valence-corrected chi connectivity index (χ1v) is 13.1. The number of aromatic amines is 1. The van der Waals surface area contributed by atoms with Gasteiger partial charge in [-0.25, -0.2) is 0 Å². The summed E-state index contributed by atoms with van der Waals surface area (Å²) in [5.74, 6) is -0.510. The van der Waals surface area contributed by atoms with E-state index in [9.17, 15) is 19.6 Å². The van der Waals surface area contributed by atoms with Gasteiger partial charge in [0.15, 0.2) is 0 Å². The van der Waals surface area contributed by atoms with Crippen LogP contribution in [0.4, 0.5) is 0 Å². The molecule has 1 aromatic heterocycles. The molecule has 3 fully saturated rings. The number of Topliss-reactive ketones (excluding diaryl/α,β-unsaturated/α-hetero) is 1. The average Bonchev–Trinajstić information content (AvgIpc) is 3.57. The van der Waals surface area contributed by atoms with Crippen molar-refractivity contribution in [1.82, 2.24) is 15.2 Å². The van der Waals surface area contributed by atoms with E-state index < -0.39 is 12.1 Å². The van der Waals surface area contributed by atoms with E-state index in [2.05, 4.69) is 16.4 Å². The van der Waals surface area contributed by atoms with Gasteiger partial charge in [0.05, 0.1) is 16.6 Å². The molecule has 2 heterocycles. The molecule has 1 saturated heterocycles. The van der Waals surface area contributed by atoms with E-state index in [1.165, 1.54) is 6.42 Å². The van der Waals surface area contributed by atoms with Crippen LogP contribution in [0, 0.1) is 22.7 Å². The molecule has 1 aromatic carbocycles. The molecule has 2 saturated carbocycles. The van der Waals surface area contributed by atoms with Crippen LogP contribution in [0.1, 0.15) is 74.7 Å². The predicted molar refractivity (Wildman–Crippen MR) is 133 cm³/mol. The minimum absolute atomic E-state index is 0.0663. The third kappa shape index (κ3) is 4.69. The first-order chi connectivity index (χ1) is 16.9. The summed E-state index contributed by atoms with van der Waals surface area (Å²) in [4.78, 5) is 44.1. The van der Waals surface area contributed by atoms with Crippen molar-refractivity contribution in [2.75, 3.05) is 6.54 Å². The minimum Gasteiger partial charge on any atom is -0.349 e. The van der Waals surface area contributed by atoms with Crippen LogP contribution >= 0.6 is 11.6 Å². The van der Waals surface area contributed by atoms with Crippen molar-refractivity contribution in [2.24, 2.45) is 11.3 Å². The van der Waals surface area contributed by atoms with Crippen LogP contribution < -0.4 is 5.32 Å². The van der Waals surface area contributed by atoms with Gasteiger partial charge in [0.25, 0.3) is 5.91 Å². The highest BCUT2D eigenvalue weighted by Gasteiger charge is 2.49. The molecule has 3 aliphatic rings. The number of hydrogen-bond donors (Lipinski definition) is 2. The number of nitrogens with one attached hydrogen (secondary N) is 2. The fourth-order valence-electron chi connectivity index (χ4n) is 6.39. The molecule has 5 rings (SSSR count). The van der Waals surface area contributed by atoms with Crippen LogP contribution in [0.25, 0.3) is 10.9 Å². The lowest BCUT2D eigenvalue weighted by atomic mass is 9.72. The Morgan fingerprint density at radius 2 is 2.06 bits per heavy atom. The highest BCUT2D eigenvalue weighted by molar-refractivity contribution is 6.35. The molecule has 1 aliphatic heterocycles. The van der Waals surface area contributed by atoms with E-state index in [0.29, 0.717) is 42.0 Å². The third-order valence-electron chi connectivity index (χ3n) is 8.25. The van der Waals surface area contributed by atoms with Crippen molar-refractivity contribution in [1.29, 1.82) is 5.26 Å². The van der Waals surface area contributed by atoms with Crippen LogP contribution in [0.3, 0.4) is 0 Å². The van der Waals surface area contributed by atoms with Gasteiger partial charge in [-0.3, -0.25) is 14.4 Å². The molecule has 184 valence electrons. The first-order valence-electron chi connectivity index (χ1n) is 12.7. The number of benzene rings is 1. The number of nitriles is 1. The van der Waals surface area contributed by atoms with E-state index in [0.717, 1.165) is 43.9 Å². The second-order valence-electron chi connectivity index (χ2n) is 10.6. The largest absolute Gasteiger partial charge is 0.349 e. The number of ketones is 1. The lowest BCUT2D eigenvalue weighted by molar-refractivity contribution is -0.126. The summed E-state index contributed by atoms with van der Waals surface area (Å²) in [6, 6.07) is 8.09. The van der Waals surface area contributed by atoms with Crippen molar-refractivity contribution in [3.8, 4) is 6.07 Å². The summed E-state index contributed by atoms with van der Waals surface area (Å²) in [5.41, 5.74) is 1.05. The summed E-state index contributed by atoms with van der Waals surface area (Å²) in [6.07, 6.45) is 8.49. The van der Waals surface area contributed by atoms with Crippen molar-refractivity contribution >= 4 is 40.1 Å². The number of amides is 2. The molecule has 1 spiro atoms. The minimum atomic E-state index is -0.735. The molecule has 3 unspecified atom stereocenters. The second kappa shape index (κ2) is 9.66. The molecule has 7 nitrogen and oxygen atoms in total. The Bertz CT molecular complexity index is 1190. The third-order valence-corrected chi connectivity index (χ3v) is 8.56. The van der Waals surface area contributed by atoms with E-state index in [1.807, 2.05) is 12.1 Å². The molecular formula is C27H31ClN4O3. The highest BCUT2D eigenvalue weighted by Crippen LogP contribution is 2.47. The summed E-state index contributed by atoms with van der Waals surface area (Å²) < 4.78 is 0. The summed E-state index contributed by atoms with van der Waals surface area (Å²) in [5, 5.41) is 14.0. The van der Waals surface area contributed by atoms with Crippen LogP contribution in [-0.2, 0) is 9.59 Å². The molecule has 0 radical (unpaired) electrons. The van der Waals surface area contributed by atoms with Gasteiger partial charge in [-0.2, -0.15) is 5.26 Å². The number of H-pyrrole nitrogens is 1. The Balaban J connectivity index is 1.38. The Morgan fingerprint density at radius 3 is 2.74 bits per heavy atom. The zero-order valence-corrected chi connectivity index (χ0v) is 20.6. The highest BCUT2D eigenvalue weighted by atomic mass is 35.5. The van der Waals surface area contributed by atoms with Crippen LogP contribution in [0.5, 0.6) is 0 Å². The zero-order valence-electron chi connectivity index (χ0n) is 19.8. The molecule has 2 aliphatic carbocycles. The summed E-state index contributed by atoms with van der Waals surface area (Å²) in [7, 11) is 0. The van der Waals surface area contributed by atoms with Gasteiger partial charge in [0.2, 0.25) is 5.91 Å². The maximum atomic E-state index is 13.7. The zero-order chi connectivity index (χ0) is 24.6. The Morgan fingerprint density at radius 1 is 1.26 bits per heavy atom. The number of para-hydroxylation sites is 1. The van der Waals surface area contributed by atoms with Crippen molar-refractivity contribution < 1.29 is 14.4 Å². The fourth-order valence-corrected chi connectivity index (χ4v) is 6.62. The number of fused-ring (bicyclic) bond motifs is 1. The van der Waals surface area contributed by atoms with Gasteiger partial charge >= 0.3 is 0 Å². The number of likely N-dealkylation sites (tertiary alicyclic amines) is 1. The fraction of sp³-hybridized carbons (Fsp3) is 0.556. The van der Waals surface area contributed by atoms with Crippen molar-refractivity contribution in [3.05, 3.63) is 35.0 Å². The predicted octanol–water partition coefficient (Wildman–Crippen LogP) is 4.75. The maximum Gasteiger partial charge on any atom is 0.271 e. The maximum absolute atomic E-state index is 13.7. The molecule has 8 heteroatoms. The number of halogens is 1. The first kappa shape index (κ1) is 23.9. The van der Waals surface area contributed by atoms with E-state index in [4.69, 9.17) is 11.6 Å². The molecular weight excluding hydrogens is 464 g/mol. The van der Waals surface area contributed by atoms with Gasteiger partial charge < -0.3 is 15.2 Å². The van der Waals surface area contributed by atoms with E-state index in [-0.39, 0.29) is 28.9 Å². The number of carbonyl (C=O) groups is 3. The number of aromatic nitrogens is 1. The van der Waals surface area contributed by atoms with Crippen LogP contribution in [0.2, 0.25) is 5.02 Å². The van der Waals surface area contributed by atoms with Gasteiger partial charge in [0.1, 0.15) is 23.6 Å². The summed E-state index contributed by atoms with van der Waals surface area (Å²) >= 11 is 6.31. The monoisotopic (exact) mass is 494 g/mol. The van der Waals surface area contributed by atoms with Crippen LogP contribution in [-0.4, -0.2) is 46.1 Å². The molecule has 2 aromatic rings. The van der Waals surface area contributed by atoms with E-state index in [1.54, 1.807) is 17.0 Å². The number of carbonyl (C=O) groups excluding carboxylic acids is 3. The second-order valence-corrected chi connectivity index (χ2v) is 11.0. The van der Waals surface area contributed by atoms with Gasteiger partial charge in [0, 0.05) is 24.3 Å². The Labute approximate surface area is 210 Å². The van der Waals surface area contributed by atoms with Crippen molar-refractivity contribution in [3.63, 3.8) is 0 Å². The topological polar surface area (TPSA) is 106 Å². The Hall–Kier alpha value is -2.85. The van der Waals surface area contributed by atoms with Gasteiger partial charge in [-0.05, 0) is 56.1 Å². The lowest BCUT2D eigenvalue weighted by Gasteiger charge is -2.32. The molecule has 2 N–H and O–H groups in total. The average molecular weight is 495 g/mol. The smallest absolute Gasteiger partial charge is 0.271 e. The standard InChI is InChI=1S/C27H31ClN4O3/c28-20-8-4-7-18-13-21(31-24(18)20)26(35)32-16-27(10-2-1-3-11-27)14-22(32)25(34)30-19(15-29)12-17-6-5-9-23(17)33/h4,7-8,13,17,19,22,31H,1-3,5-6,9-12,14,16H2,(H,30,34).